The maximum Gasteiger partial charge on any atom is 0.410 e. The molecule has 3 nitrogen and oxygen atoms in total. The predicted molar refractivity (Wildman–Crippen MR) is 126 cm³/mol. The SMILES string of the molecule is C[C@H](c1ccccc1)N(C(=O)OC[Si](C)(C)c1ccccc1)[C@H](C)c1ccccc1. The highest BCUT2D eigenvalue weighted by atomic mass is 28.3. The summed E-state index contributed by atoms with van der Waals surface area (Å²) < 4.78 is 5.96. The Bertz CT molecular complexity index is 884. The van der Waals surface area contributed by atoms with E-state index < -0.39 is 8.07 Å². The van der Waals surface area contributed by atoms with Crippen LogP contribution in [0.3, 0.4) is 0 Å². The van der Waals surface area contributed by atoms with E-state index in [2.05, 4.69) is 63.3 Å². The van der Waals surface area contributed by atoms with Crippen LogP contribution in [0.5, 0.6) is 0 Å². The van der Waals surface area contributed by atoms with Crippen LogP contribution in [0.2, 0.25) is 13.1 Å². The molecule has 0 aliphatic heterocycles. The Morgan fingerprint density at radius 3 is 1.60 bits per heavy atom. The van der Waals surface area contributed by atoms with Crippen LogP contribution in [0, 0.1) is 0 Å². The standard InChI is InChI=1S/C26H31NO2Si/c1-21(23-14-8-5-9-15-23)27(22(2)24-16-10-6-11-17-24)26(28)29-20-30(3,4)25-18-12-7-13-19-25/h5-19,21-22H,20H2,1-4H3/t21-,22-/m1/s1. The fraction of sp³-hybridized carbons (Fsp3) is 0.269. The highest BCUT2D eigenvalue weighted by Crippen LogP contribution is 2.31. The van der Waals surface area contributed by atoms with Crippen molar-refractivity contribution in [3.63, 3.8) is 0 Å². The molecule has 3 aromatic carbocycles. The van der Waals surface area contributed by atoms with Crippen molar-refractivity contribution in [2.75, 3.05) is 6.23 Å². The molecule has 0 fully saturated rings. The van der Waals surface area contributed by atoms with Crippen LogP contribution >= 0.6 is 0 Å². The van der Waals surface area contributed by atoms with Gasteiger partial charge < -0.3 is 4.74 Å². The van der Waals surface area contributed by atoms with E-state index in [0.717, 1.165) is 11.1 Å². The van der Waals surface area contributed by atoms with Crippen molar-refractivity contribution in [2.45, 2.75) is 39.0 Å². The second-order valence-electron chi connectivity index (χ2n) is 8.39. The van der Waals surface area contributed by atoms with Crippen LogP contribution in [-0.4, -0.2) is 25.3 Å². The molecule has 0 spiro atoms. The number of carbonyl (C=O) groups excluding carboxylic acids is 1. The largest absolute Gasteiger partial charge is 0.453 e. The van der Waals surface area contributed by atoms with Gasteiger partial charge in [-0.1, -0.05) is 109 Å². The predicted octanol–water partition coefficient (Wildman–Crippen LogP) is 6.10. The fourth-order valence-corrected chi connectivity index (χ4v) is 5.47. The van der Waals surface area contributed by atoms with Gasteiger partial charge in [-0.05, 0) is 25.0 Å². The lowest BCUT2D eigenvalue weighted by atomic mass is 10.0. The molecule has 0 bridgehead atoms. The Labute approximate surface area is 181 Å². The summed E-state index contributed by atoms with van der Waals surface area (Å²) in [7, 11) is -1.89. The first kappa shape index (κ1) is 21.8. The zero-order chi connectivity index (χ0) is 21.6. The van der Waals surface area contributed by atoms with E-state index in [1.807, 2.05) is 59.5 Å². The Balaban J connectivity index is 1.83. The molecule has 4 heteroatoms. The van der Waals surface area contributed by atoms with Crippen molar-refractivity contribution < 1.29 is 9.53 Å². The van der Waals surface area contributed by atoms with E-state index in [9.17, 15) is 4.79 Å². The third-order valence-electron chi connectivity index (χ3n) is 5.72. The molecule has 3 rings (SSSR count). The lowest BCUT2D eigenvalue weighted by Crippen LogP contribution is -2.48. The van der Waals surface area contributed by atoms with Crippen molar-refractivity contribution in [3.05, 3.63) is 102 Å². The van der Waals surface area contributed by atoms with E-state index in [1.165, 1.54) is 5.19 Å². The summed E-state index contributed by atoms with van der Waals surface area (Å²) in [6, 6.07) is 30.4. The van der Waals surface area contributed by atoms with Gasteiger partial charge in [-0.25, -0.2) is 4.79 Å². The van der Waals surface area contributed by atoms with Crippen molar-refractivity contribution in [1.29, 1.82) is 0 Å². The molecule has 0 saturated carbocycles. The molecule has 0 unspecified atom stereocenters. The second kappa shape index (κ2) is 9.77. The van der Waals surface area contributed by atoms with Crippen LogP contribution in [0.25, 0.3) is 0 Å². The van der Waals surface area contributed by atoms with Crippen LogP contribution in [0.4, 0.5) is 4.79 Å². The summed E-state index contributed by atoms with van der Waals surface area (Å²) in [4.78, 5) is 15.2. The zero-order valence-corrected chi connectivity index (χ0v) is 19.3. The molecule has 30 heavy (non-hydrogen) atoms. The van der Waals surface area contributed by atoms with Crippen LogP contribution in [0.1, 0.15) is 37.1 Å². The molecule has 0 aliphatic rings. The molecular weight excluding hydrogens is 386 g/mol. The van der Waals surface area contributed by atoms with Crippen LogP contribution in [-0.2, 0) is 4.74 Å². The summed E-state index contributed by atoms with van der Waals surface area (Å²) >= 11 is 0. The average molecular weight is 418 g/mol. The van der Waals surface area contributed by atoms with E-state index in [-0.39, 0.29) is 18.2 Å². The van der Waals surface area contributed by atoms with E-state index in [0.29, 0.717) is 6.23 Å². The van der Waals surface area contributed by atoms with Crippen molar-refractivity contribution in [3.8, 4) is 0 Å². The molecular formula is C26H31NO2Si. The van der Waals surface area contributed by atoms with Crippen molar-refractivity contribution >= 4 is 19.4 Å². The highest BCUT2D eigenvalue weighted by Gasteiger charge is 2.32. The zero-order valence-electron chi connectivity index (χ0n) is 18.3. The van der Waals surface area contributed by atoms with E-state index in [4.69, 9.17) is 4.74 Å². The maximum absolute atomic E-state index is 13.4. The van der Waals surface area contributed by atoms with Gasteiger partial charge in [0, 0.05) is 0 Å². The third-order valence-corrected chi connectivity index (χ3v) is 8.48. The fourth-order valence-electron chi connectivity index (χ4n) is 3.73. The smallest absolute Gasteiger partial charge is 0.410 e. The summed E-state index contributed by atoms with van der Waals surface area (Å²) in [6.45, 7) is 8.61. The summed E-state index contributed by atoms with van der Waals surface area (Å²) in [5.41, 5.74) is 2.19. The van der Waals surface area contributed by atoms with Crippen LogP contribution in [0.15, 0.2) is 91.0 Å². The van der Waals surface area contributed by atoms with Crippen LogP contribution < -0.4 is 5.19 Å². The molecule has 0 aliphatic carbocycles. The topological polar surface area (TPSA) is 29.5 Å². The maximum atomic E-state index is 13.4. The first-order chi connectivity index (χ1) is 14.4. The molecule has 3 aromatic rings. The van der Waals surface area contributed by atoms with Gasteiger partial charge in [-0.3, -0.25) is 4.90 Å². The number of hydrogen-bond donors (Lipinski definition) is 0. The van der Waals surface area contributed by atoms with Gasteiger partial charge in [-0.15, -0.1) is 0 Å². The van der Waals surface area contributed by atoms with Crippen molar-refractivity contribution in [1.82, 2.24) is 4.90 Å². The lowest BCUT2D eigenvalue weighted by molar-refractivity contribution is 0.0828. The van der Waals surface area contributed by atoms with Gasteiger partial charge in [0.05, 0.1) is 18.3 Å². The van der Waals surface area contributed by atoms with Gasteiger partial charge >= 0.3 is 6.09 Å². The first-order valence-electron chi connectivity index (χ1n) is 10.5. The Kier molecular flexibility index (Phi) is 7.11. The Morgan fingerprint density at radius 2 is 1.17 bits per heavy atom. The molecule has 0 heterocycles. The van der Waals surface area contributed by atoms with E-state index >= 15 is 0 Å². The van der Waals surface area contributed by atoms with Gasteiger partial charge in [0.2, 0.25) is 0 Å². The molecule has 0 N–H and O–H groups in total. The number of rotatable bonds is 7. The summed E-state index contributed by atoms with van der Waals surface area (Å²) in [6.07, 6.45) is 0.189. The number of amides is 1. The minimum atomic E-state index is -1.89. The molecule has 0 radical (unpaired) electrons. The summed E-state index contributed by atoms with van der Waals surface area (Å²) in [5.74, 6) is 0. The number of benzene rings is 3. The number of nitrogens with zero attached hydrogens (tertiary/aromatic N) is 1. The lowest BCUT2D eigenvalue weighted by Gasteiger charge is -2.35. The quantitative estimate of drug-likeness (QED) is 0.435. The van der Waals surface area contributed by atoms with Gasteiger partial charge in [0.1, 0.15) is 8.07 Å². The monoisotopic (exact) mass is 417 g/mol. The molecule has 1 amide bonds. The second-order valence-corrected chi connectivity index (χ2v) is 13.0. The first-order valence-corrected chi connectivity index (χ1v) is 13.7. The minimum absolute atomic E-state index is 0.101. The number of ether oxygens (including phenoxy) is 1. The molecule has 2 atom stereocenters. The van der Waals surface area contributed by atoms with Crippen molar-refractivity contribution in [2.24, 2.45) is 0 Å². The molecule has 0 saturated heterocycles. The summed E-state index contributed by atoms with van der Waals surface area (Å²) in [5, 5.41) is 1.29. The highest BCUT2D eigenvalue weighted by molar-refractivity contribution is 6.89. The molecule has 0 aromatic heterocycles. The van der Waals surface area contributed by atoms with Gasteiger partial charge in [-0.2, -0.15) is 0 Å². The Morgan fingerprint density at radius 1 is 0.767 bits per heavy atom. The normalized spacial score (nSPS) is 13.3. The molecule has 156 valence electrons. The number of carbonyl (C=O) groups is 1. The third kappa shape index (κ3) is 5.19. The van der Waals surface area contributed by atoms with E-state index in [1.54, 1.807) is 0 Å². The Hall–Kier alpha value is -2.85. The van der Waals surface area contributed by atoms with Gasteiger partial charge in [0.15, 0.2) is 0 Å². The number of hydrogen-bond acceptors (Lipinski definition) is 2. The minimum Gasteiger partial charge on any atom is -0.453 e. The van der Waals surface area contributed by atoms with Gasteiger partial charge in [0.25, 0.3) is 0 Å². The average Bonchev–Trinajstić information content (AvgIpc) is 2.79.